The Morgan fingerprint density at radius 2 is 2.27 bits per heavy atom. The lowest BCUT2D eigenvalue weighted by atomic mass is 10.2. The van der Waals surface area contributed by atoms with E-state index in [4.69, 9.17) is 5.11 Å². The maximum Gasteiger partial charge on any atom is 0.347 e. The normalized spacial score (nSPS) is 10.1. The van der Waals surface area contributed by atoms with Crippen molar-refractivity contribution in [1.82, 2.24) is 19.7 Å². The molecule has 0 saturated carbocycles. The molecule has 0 atom stereocenters. The van der Waals surface area contributed by atoms with Gasteiger partial charge in [-0.1, -0.05) is 0 Å². The Morgan fingerprint density at radius 1 is 1.47 bits per heavy atom. The molecular weight excluding hydrogens is 200 g/mol. The molecule has 2 N–H and O–H groups in total. The predicted molar refractivity (Wildman–Crippen MR) is 48.9 cm³/mol. The van der Waals surface area contributed by atoms with Gasteiger partial charge in [0.1, 0.15) is 6.33 Å². The van der Waals surface area contributed by atoms with Crippen molar-refractivity contribution in [3.63, 3.8) is 0 Å². The molecule has 0 spiro atoms. The monoisotopic (exact) mass is 206 g/mol. The zero-order valence-corrected chi connectivity index (χ0v) is 7.41. The number of carboxylic acids is 1. The third-order valence-corrected chi connectivity index (χ3v) is 1.80. The summed E-state index contributed by atoms with van der Waals surface area (Å²) in [4.78, 5) is 25.5. The predicted octanol–water partition coefficient (Wildman–Crippen LogP) is -0.346. The molecule has 0 aromatic carbocycles. The summed E-state index contributed by atoms with van der Waals surface area (Å²) in [5.41, 5.74) is -0.0754. The van der Waals surface area contributed by atoms with Gasteiger partial charge in [-0.05, 0) is 6.07 Å². The molecule has 7 nitrogen and oxygen atoms in total. The number of H-pyrrole nitrogens is 1. The molecule has 76 valence electrons. The first kappa shape index (κ1) is 9.13. The van der Waals surface area contributed by atoms with Crippen LogP contribution in [0.4, 0.5) is 0 Å². The van der Waals surface area contributed by atoms with E-state index in [0.717, 1.165) is 0 Å². The van der Waals surface area contributed by atoms with Crippen LogP contribution < -0.4 is 5.69 Å². The van der Waals surface area contributed by atoms with Crippen molar-refractivity contribution >= 4 is 5.97 Å². The van der Waals surface area contributed by atoms with Crippen molar-refractivity contribution in [3.05, 3.63) is 40.8 Å². The number of nitrogens with zero attached hydrogens (tertiary/aromatic N) is 3. The van der Waals surface area contributed by atoms with E-state index in [1.807, 2.05) is 0 Å². The van der Waals surface area contributed by atoms with Gasteiger partial charge in [-0.25, -0.2) is 19.3 Å². The molecule has 0 fully saturated rings. The minimum atomic E-state index is -1.10. The number of rotatable bonds is 2. The van der Waals surface area contributed by atoms with Crippen molar-refractivity contribution in [2.45, 2.75) is 0 Å². The van der Waals surface area contributed by atoms with E-state index in [1.54, 1.807) is 0 Å². The van der Waals surface area contributed by atoms with E-state index < -0.39 is 11.7 Å². The maximum absolute atomic E-state index is 11.2. The van der Waals surface area contributed by atoms with Gasteiger partial charge in [-0.2, -0.15) is 5.10 Å². The molecule has 2 aromatic heterocycles. The van der Waals surface area contributed by atoms with Crippen LogP contribution in [0, 0.1) is 0 Å². The number of hydrogen-bond donors (Lipinski definition) is 2. The fourth-order valence-corrected chi connectivity index (χ4v) is 1.11. The minimum Gasteiger partial charge on any atom is -0.478 e. The molecule has 0 bridgehead atoms. The summed E-state index contributed by atoms with van der Waals surface area (Å²) in [5, 5.41) is 14.4. The van der Waals surface area contributed by atoms with Gasteiger partial charge in [-0.3, -0.25) is 4.98 Å². The quantitative estimate of drug-likeness (QED) is 0.699. The molecule has 2 heterocycles. The van der Waals surface area contributed by atoms with Crippen LogP contribution in [0.5, 0.6) is 0 Å². The van der Waals surface area contributed by atoms with Gasteiger partial charge in [0.05, 0.1) is 17.4 Å². The molecule has 0 aliphatic carbocycles. The highest BCUT2D eigenvalue weighted by molar-refractivity contribution is 5.87. The molecule has 2 aromatic rings. The second kappa shape index (κ2) is 3.37. The summed E-state index contributed by atoms with van der Waals surface area (Å²) < 4.78 is 1.17. The number of carboxylic acid groups (broad SMARTS) is 1. The average molecular weight is 206 g/mol. The Hall–Kier alpha value is -2.44. The number of carbonyl (C=O) groups is 1. The largest absolute Gasteiger partial charge is 0.478 e. The standard InChI is InChI=1S/C8H6N4O3/c13-7(14)5-1-6(3-9-2-5)12-4-10-11-8(12)15/h1-4H,(H,11,15)(H,13,14). The third kappa shape index (κ3) is 1.62. The molecule has 7 heteroatoms. The SMILES string of the molecule is O=C(O)c1cncc(-n2cn[nH]c2=O)c1. The summed E-state index contributed by atoms with van der Waals surface area (Å²) in [6.07, 6.45) is 3.84. The summed E-state index contributed by atoms with van der Waals surface area (Å²) >= 11 is 0. The van der Waals surface area contributed by atoms with Gasteiger partial charge in [0.15, 0.2) is 0 Å². The van der Waals surface area contributed by atoms with Crippen LogP contribution in [-0.2, 0) is 0 Å². The van der Waals surface area contributed by atoms with Crippen LogP contribution in [0.25, 0.3) is 5.69 Å². The Kier molecular flexibility index (Phi) is 2.05. The Morgan fingerprint density at radius 3 is 2.87 bits per heavy atom. The number of aromatic carboxylic acids is 1. The van der Waals surface area contributed by atoms with Gasteiger partial charge in [-0.15, -0.1) is 0 Å². The van der Waals surface area contributed by atoms with Crippen LogP contribution in [0.15, 0.2) is 29.6 Å². The zero-order chi connectivity index (χ0) is 10.8. The van der Waals surface area contributed by atoms with Crippen LogP contribution in [0.2, 0.25) is 0 Å². The number of hydrogen-bond acceptors (Lipinski definition) is 4. The van der Waals surface area contributed by atoms with Crippen LogP contribution in [0.1, 0.15) is 10.4 Å². The lowest BCUT2D eigenvalue weighted by Gasteiger charge is -1.99. The maximum atomic E-state index is 11.2. The number of pyridine rings is 1. The molecule has 15 heavy (non-hydrogen) atoms. The second-order valence-electron chi connectivity index (χ2n) is 2.77. The Labute approximate surface area is 83.0 Å². The highest BCUT2D eigenvalue weighted by Crippen LogP contribution is 2.05. The van der Waals surface area contributed by atoms with E-state index in [1.165, 1.54) is 29.4 Å². The average Bonchev–Trinajstić information content (AvgIpc) is 2.64. The molecule has 2 rings (SSSR count). The molecular formula is C8H6N4O3. The van der Waals surface area contributed by atoms with E-state index in [-0.39, 0.29) is 5.56 Å². The summed E-state index contributed by atoms with van der Waals surface area (Å²) in [5.74, 6) is -1.10. The number of aromatic amines is 1. The van der Waals surface area contributed by atoms with Gasteiger partial charge < -0.3 is 5.11 Å². The molecule has 0 aliphatic rings. The van der Waals surface area contributed by atoms with Gasteiger partial charge in [0.2, 0.25) is 0 Å². The first-order valence-electron chi connectivity index (χ1n) is 3.99. The topological polar surface area (TPSA) is 101 Å². The molecule has 0 amide bonds. The van der Waals surface area contributed by atoms with Crippen LogP contribution in [-0.4, -0.2) is 30.8 Å². The van der Waals surface area contributed by atoms with Gasteiger partial charge >= 0.3 is 11.7 Å². The first-order valence-corrected chi connectivity index (χ1v) is 3.99. The van der Waals surface area contributed by atoms with Crippen molar-refractivity contribution in [3.8, 4) is 5.69 Å². The lowest BCUT2D eigenvalue weighted by molar-refractivity contribution is 0.0696. The highest BCUT2D eigenvalue weighted by Gasteiger charge is 2.06. The highest BCUT2D eigenvalue weighted by atomic mass is 16.4. The minimum absolute atomic E-state index is 0.0144. The van der Waals surface area contributed by atoms with E-state index >= 15 is 0 Å². The second-order valence-corrected chi connectivity index (χ2v) is 2.77. The van der Waals surface area contributed by atoms with Crippen molar-refractivity contribution in [1.29, 1.82) is 0 Å². The fraction of sp³-hybridized carbons (Fsp3) is 0. The van der Waals surface area contributed by atoms with Crippen molar-refractivity contribution < 1.29 is 9.90 Å². The van der Waals surface area contributed by atoms with Crippen molar-refractivity contribution in [2.75, 3.05) is 0 Å². The third-order valence-electron chi connectivity index (χ3n) is 1.80. The lowest BCUT2D eigenvalue weighted by Crippen LogP contribution is -2.14. The summed E-state index contributed by atoms with van der Waals surface area (Å²) in [6.45, 7) is 0. The first-order chi connectivity index (χ1) is 7.18. The molecule has 0 unspecified atom stereocenters. The molecule has 0 radical (unpaired) electrons. The van der Waals surface area contributed by atoms with Crippen LogP contribution >= 0.6 is 0 Å². The van der Waals surface area contributed by atoms with Crippen LogP contribution in [0.3, 0.4) is 0 Å². The Balaban J connectivity index is 2.55. The van der Waals surface area contributed by atoms with Gasteiger partial charge in [0.25, 0.3) is 0 Å². The fourth-order valence-electron chi connectivity index (χ4n) is 1.11. The summed E-state index contributed by atoms with van der Waals surface area (Å²) in [6, 6.07) is 1.34. The number of nitrogens with one attached hydrogen (secondary N) is 1. The van der Waals surface area contributed by atoms with Crippen molar-refractivity contribution in [2.24, 2.45) is 0 Å². The summed E-state index contributed by atoms with van der Waals surface area (Å²) in [7, 11) is 0. The smallest absolute Gasteiger partial charge is 0.347 e. The molecule has 0 saturated heterocycles. The zero-order valence-electron chi connectivity index (χ0n) is 7.41. The van der Waals surface area contributed by atoms with E-state index in [9.17, 15) is 9.59 Å². The number of aromatic nitrogens is 4. The van der Waals surface area contributed by atoms with E-state index in [2.05, 4.69) is 15.2 Å². The van der Waals surface area contributed by atoms with Gasteiger partial charge in [0, 0.05) is 6.20 Å². The van der Waals surface area contributed by atoms with E-state index in [0.29, 0.717) is 5.69 Å². The Bertz CT molecular complexity index is 557. The molecule has 0 aliphatic heterocycles.